The van der Waals surface area contributed by atoms with Gasteiger partial charge in [-0.1, -0.05) is 39.5 Å². The Labute approximate surface area is 89.0 Å². The number of hydrogen-bond acceptors (Lipinski definition) is 3. The van der Waals surface area contributed by atoms with Gasteiger partial charge >= 0.3 is 0 Å². The van der Waals surface area contributed by atoms with E-state index < -0.39 is 0 Å². The van der Waals surface area contributed by atoms with Crippen molar-refractivity contribution in [2.24, 2.45) is 5.73 Å². The zero-order valence-corrected chi connectivity index (χ0v) is 9.76. The minimum Gasteiger partial charge on any atom is -0.317 e. The van der Waals surface area contributed by atoms with Crippen molar-refractivity contribution in [3.63, 3.8) is 0 Å². The third-order valence-corrected chi connectivity index (χ3v) is 2.54. The van der Waals surface area contributed by atoms with Crippen LogP contribution in [0, 0.1) is 6.92 Å². The lowest BCUT2D eigenvalue weighted by atomic mass is 10.1. The summed E-state index contributed by atoms with van der Waals surface area (Å²) in [7, 11) is 0. The van der Waals surface area contributed by atoms with E-state index in [1.54, 1.807) is 0 Å². The number of unbranched alkanes of at least 4 members (excludes halogenated alkanes) is 3. The van der Waals surface area contributed by atoms with Crippen molar-refractivity contribution in [2.75, 3.05) is 13.2 Å². The maximum atomic E-state index is 5.46. The summed E-state index contributed by atoms with van der Waals surface area (Å²) >= 11 is 0. The Balaban J connectivity index is 3.52. The van der Waals surface area contributed by atoms with Crippen molar-refractivity contribution in [3.8, 4) is 0 Å². The van der Waals surface area contributed by atoms with Crippen LogP contribution < -0.4 is 11.2 Å². The molecule has 0 saturated heterocycles. The fourth-order valence-electron chi connectivity index (χ4n) is 1.65. The second-order valence-electron chi connectivity index (χ2n) is 3.70. The lowest BCUT2D eigenvalue weighted by molar-refractivity contribution is 0.135. The van der Waals surface area contributed by atoms with Crippen molar-refractivity contribution >= 4 is 0 Å². The first-order valence-electron chi connectivity index (χ1n) is 5.75. The molecule has 0 aromatic carbocycles. The largest absolute Gasteiger partial charge is 0.317 e. The number of hydrogen-bond donors (Lipinski definition) is 2. The number of nitrogens with two attached hydrogens (primary N) is 1. The van der Waals surface area contributed by atoms with E-state index in [0.29, 0.717) is 12.7 Å². The van der Waals surface area contributed by atoms with Crippen molar-refractivity contribution < 1.29 is 0 Å². The molecule has 3 nitrogen and oxygen atoms in total. The summed E-state index contributed by atoms with van der Waals surface area (Å²) in [5, 5.41) is 2.21. The van der Waals surface area contributed by atoms with E-state index in [1.165, 1.54) is 25.7 Å². The second-order valence-corrected chi connectivity index (χ2v) is 3.70. The molecule has 0 aliphatic heterocycles. The smallest absolute Gasteiger partial charge is 0.0567 e. The summed E-state index contributed by atoms with van der Waals surface area (Å²) in [6.07, 6.45) is 6.14. The normalized spacial score (nSPS) is 13.5. The summed E-state index contributed by atoms with van der Waals surface area (Å²) in [5.74, 6) is 0. The molecule has 0 spiro atoms. The molecule has 0 rings (SSSR count). The van der Waals surface area contributed by atoms with Gasteiger partial charge in [-0.25, -0.2) is 10.4 Å². The summed E-state index contributed by atoms with van der Waals surface area (Å²) in [5.41, 5.74) is 8.63. The van der Waals surface area contributed by atoms with E-state index >= 15 is 0 Å². The van der Waals surface area contributed by atoms with E-state index in [-0.39, 0.29) is 0 Å². The van der Waals surface area contributed by atoms with Crippen LogP contribution in [-0.2, 0) is 0 Å². The predicted octanol–water partition coefficient (Wildman–Crippen LogP) is 1.90. The van der Waals surface area contributed by atoms with Gasteiger partial charge in [0, 0.05) is 12.6 Å². The summed E-state index contributed by atoms with van der Waals surface area (Å²) in [6.45, 7) is 9.77. The number of hydrazine groups is 1. The number of rotatable bonds is 9. The minimum absolute atomic E-state index is 0.525. The van der Waals surface area contributed by atoms with E-state index in [9.17, 15) is 0 Å². The highest BCUT2D eigenvalue weighted by Crippen LogP contribution is 2.08. The molecule has 0 amide bonds. The van der Waals surface area contributed by atoms with Crippen LogP contribution in [0.15, 0.2) is 0 Å². The molecular weight excluding hydrogens is 174 g/mol. The monoisotopic (exact) mass is 200 g/mol. The van der Waals surface area contributed by atoms with Crippen molar-refractivity contribution in [3.05, 3.63) is 6.92 Å². The molecule has 85 valence electrons. The molecule has 1 unspecified atom stereocenters. The average molecular weight is 200 g/mol. The topological polar surface area (TPSA) is 41.3 Å². The molecule has 0 heterocycles. The van der Waals surface area contributed by atoms with Gasteiger partial charge in [-0.15, -0.1) is 0 Å². The van der Waals surface area contributed by atoms with E-state index in [2.05, 4.69) is 31.2 Å². The van der Waals surface area contributed by atoms with Crippen molar-refractivity contribution in [1.82, 2.24) is 10.4 Å². The maximum Gasteiger partial charge on any atom is 0.0567 e. The highest BCUT2D eigenvalue weighted by Gasteiger charge is 2.09. The van der Waals surface area contributed by atoms with E-state index in [4.69, 9.17) is 5.73 Å². The molecular formula is C11H26N3. The Kier molecular flexibility index (Phi) is 9.35. The average Bonchev–Trinajstić information content (AvgIpc) is 2.20. The molecule has 1 radical (unpaired) electrons. The van der Waals surface area contributed by atoms with Crippen LogP contribution in [0.4, 0.5) is 0 Å². The SMILES string of the molecule is [CH2]CCCCCC(C)N(CC)NCN. The van der Waals surface area contributed by atoms with Crippen LogP contribution in [0.3, 0.4) is 0 Å². The molecule has 3 N–H and O–H groups in total. The molecule has 3 heteroatoms. The standard InChI is InChI=1S/C11H26N3/c1-4-6-7-8-9-11(3)14(5-2)13-10-12/h11,13H,1,4-10,12H2,2-3H3. The third-order valence-electron chi connectivity index (χ3n) is 2.54. The van der Waals surface area contributed by atoms with Gasteiger partial charge in [0.05, 0.1) is 6.67 Å². The molecule has 0 aromatic rings. The van der Waals surface area contributed by atoms with Gasteiger partial charge in [-0.2, -0.15) is 0 Å². The zero-order chi connectivity index (χ0) is 10.8. The first kappa shape index (κ1) is 13.9. The molecule has 0 aliphatic rings. The summed E-state index contributed by atoms with van der Waals surface area (Å²) in [6, 6.07) is 0.577. The van der Waals surface area contributed by atoms with Gasteiger partial charge in [0.15, 0.2) is 0 Å². The minimum atomic E-state index is 0.525. The van der Waals surface area contributed by atoms with E-state index in [0.717, 1.165) is 13.0 Å². The van der Waals surface area contributed by atoms with Gasteiger partial charge in [0.1, 0.15) is 0 Å². The van der Waals surface area contributed by atoms with Crippen LogP contribution >= 0.6 is 0 Å². The van der Waals surface area contributed by atoms with Crippen LogP contribution in [0.1, 0.15) is 46.0 Å². The maximum absolute atomic E-state index is 5.46. The fraction of sp³-hybridized carbons (Fsp3) is 0.909. The Morgan fingerprint density at radius 1 is 1.36 bits per heavy atom. The predicted molar refractivity (Wildman–Crippen MR) is 62.5 cm³/mol. The Hall–Kier alpha value is -0.120. The Bertz CT molecular complexity index is 117. The Morgan fingerprint density at radius 2 is 2.07 bits per heavy atom. The quantitative estimate of drug-likeness (QED) is 0.339. The summed E-state index contributed by atoms with van der Waals surface area (Å²) < 4.78 is 0. The van der Waals surface area contributed by atoms with Gasteiger partial charge in [0.2, 0.25) is 0 Å². The van der Waals surface area contributed by atoms with Crippen molar-refractivity contribution in [1.29, 1.82) is 0 Å². The van der Waals surface area contributed by atoms with Crippen molar-refractivity contribution in [2.45, 2.75) is 52.0 Å². The number of nitrogens with zero attached hydrogens (tertiary/aromatic N) is 1. The van der Waals surface area contributed by atoms with Crippen LogP contribution in [0.2, 0.25) is 0 Å². The lowest BCUT2D eigenvalue weighted by Gasteiger charge is -2.27. The lowest BCUT2D eigenvalue weighted by Crippen LogP contribution is -2.46. The molecule has 0 aliphatic carbocycles. The third kappa shape index (κ3) is 6.35. The summed E-state index contributed by atoms with van der Waals surface area (Å²) in [4.78, 5) is 0. The van der Waals surface area contributed by atoms with Gasteiger partial charge < -0.3 is 5.73 Å². The van der Waals surface area contributed by atoms with Gasteiger partial charge in [0.25, 0.3) is 0 Å². The molecule has 14 heavy (non-hydrogen) atoms. The number of nitrogens with one attached hydrogen (secondary N) is 1. The van der Waals surface area contributed by atoms with Crippen LogP contribution in [0.25, 0.3) is 0 Å². The molecule has 0 bridgehead atoms. The zero-order valence-electron chi connectivity index (χ0n) is 9.76. The van der Waals surface area contributed by atoms with Gasteiger partial charge in [-0.3, -0.25) is 0 Å². The Morgan fingerprint density at radius 3 is 2.57 bits per heavy atom. The van der Waals surface area contributed by atoms with Crippen LogP contribution in [-0.4, -0.2) is 24.3 Å². The van der Waals surface area contributed by atoms with E-state index in [1.807, 2.05) is 0 Å². The highest BCUT2D eigenvalue weighted by atomic mass is 15.5. The van der Waals surface area contributed by atoms with Gasteiger partial charge in [-0.05, 0) is 13.3 Å². The fourth-order valence-corrected chi connectivity index (χ4v) is 1.65. The molecule has 0 saturated carbocycles. The molecule has 1 atom stereocenters. The first-order chi connectivity index (χ1) is 6.76. The first-order valence-corrected chi connectivity index (χ1v) is 5.75. The second kappa shape index (κ2) is 9.44. The highest BCUT2D eigenvalue weighted by molar-refractivity contribution is 4.62. The molecule has 0 fully saturated rings. The van der Waals surface area contributed by atoms with Crippen LogP contribution in [0.5, 0.6) is 0 Å². The molecule has 0 aromatic heterocycles.